The molecule has 0 saturated carbocycles. The molecule has 2 N–H and O–H groups in total. The first-order valence-corrected chi connectivity index (χ1v) is 7.55. The van der Waals surface area contributed by atoms with Crippen LogP contribution in [0.5, 0.6) is 0 Å². The van der Waals surface area contributed by atoms with Gasteiger partial charge in [0.25, 0.3) is 0 Å². The largest absolute Gasteiger partial charge is 0.362 e. The first-order chi connectivity index (χ1) is 12.4. The Kier molecular flexibility index (Phi) is 4.02. The van der Waals surface area contributed by atoms with E-state index in [1.807, 2.05) is 36.4 Å². The van der Waals surface area contributed by atoms with Gasteiger partial charge < -0.3 is 5.32 Å². The second-order valence-electron chi connectivity index (χ2n) is 5.10. The van der Waals surface area contributed by atoms with Gasteiger partial charge in [-0.1, -0.05) is 11.3 Å². The summed E-state index contributed by atoms with van der Waals surface area (Å²) in [6, 6.07) is 11.3. The van der Waals surface area contributed by atoms with Gasteiger partial charge in [-0.15, -0.1) is 10.2 Å². The van der Waals surface area contributed by atoms with E-state index in [-0.39, 0.29) is 0 Å². The Morgan fingerprint density at radius 1 is 1.00 bits per heavy atom. The van der Waals surface area contributed by atoms with Gasteiger partial charge in [0, 0.05) is 30.2 Å². The number of hydrogen-bond acceptors (Lipinski definition) is 8. The van der Waals surface area contributed by atoms with E-state index < -0.39 is 0 Å². The molecule has 0 fully saturated rings. The van der Waals surface area contributed by atoms with E-state index in [2.05, 4.69) is 45.9 Å². The van der Waals surface area contributed by atoms with Gasteiger partial charge in [0.2, 0.25) is 0 Å². The Bertz CT molecular complexity index is 882. The second-order valence-corrected chi connectivity index (χ2v) is 5.10. The van der Waals surface area contributed by atoms with E-state index in [1.165, 1.54) is 0 Å². The van der Waals surface area contributed by atoms with Crippen LogP contribution >= 0.6 is 0 Å². The molecule has 0 bridgehead atoms. The number of rotatable bonds is 5. The van der Waals surface area contributed by atoms with Crippen LogP contribution in [0.25, 0.3) is 22.8 Å². The zero-order valence-corrected chi connectivity index (χ0v) is 13.0. The van der Waals surface area contributed by atoms with Gasteiger partial charge in [-0.25, -0.2) is 9.97 Å². The highest BCUT2D eigenvalue weighted by molar-refractivity contribution is 5.65. The van der Waals surface area contributed by atoms with Crippen molar-refractivity contribution in [2.45, 2.75) is 6.54 Å². The molecule has 4 aromatic rings. The summed E-state index contributed by atoms with van der Waals surface area (Å²) < 4.78 is 0. The molecule has 0 saturated heterocycles. The third kappa shape index (κ3) is 3.44. The van der Waals surface area contributed by atoms with Gasteiger partial charge in [-0.05, 0) is 24.3 Å². The van der Waals surface area contributed by atoms with Crippen LogP contribution in [0.2, 0.25) is 0 Å². The molecule has 4 aromatic heterocycles. The lowest BCUT2D eigenvalue weighted by Crippen LogP contribution is -2.05. The first kappa shape index (κ1) is 14.8. The average molecular weight is 331 g/mol. The van der Waals surface area contributed by atoms with Crippen molar-refractivity contribution >= 4 is 5.82 Å². The van der Waals surface area contributed by atoms with Crippen LogP contribution in [-0.4, -0.2) is 40.6 Å². The number of nitrogens with one attached hydrogen (secondary N) is 2. The maximum atomic E-state index is 4.62. The van der Waals surface area contributed by atoms with E-state index in [1.54, 1.807) is 18.6 Å². The molecule has 0 aliphatic rings. The highest BCUT2D eigenvalue weighted by Gasteiger charge is 2.10. The summed E-state index contributed by atoms with van der Waals surface area (Å²) >= 11 is 0. The Morgan fingerprint density at radius 2 is 2.00 bits per heavy atom. The van der Waals surface area contributed by atoms with Crippen LogP contribution in [0, 0.1) is 0 Å². The Hall–Kier alpha value is -3.75. The SMILES string of the molecule is c1ccc(-c2nc(NCc3nn[nH]n3)cc(-c3cccnc3)n2)nc1. The van der Waals surface area contributed by atoms with E-state index >= 15 is 0 Å². The summed E-state index contributed by atoms with van der Waals surface area (Å²) in [5.74, 6) is 1.71. The van der Waals surface area contributed by atoms with Crippen molar-refractivity contribution in [2.75, 3.05) is 5.32 Å². The van der Waals surface area contributed by atoms with Crippen LogP contribution in [0.3, 0.4) is 0 Å². The van der Waals surface area contributed by atoms with E-state index in [0.717, 1.165) is 11.3 Å². The van der Waals surface area contributed by atoms with Crippen molar-refractivity contribution in [3.63, 3.8) is 0 Å². The van der Waals surface area contributed by atoms with Crippen LogP contribution < -0.4 is 5.32 Å². The fourth-order valence-corrected chi connectivity index (χ4v) is 2.24. The minimum atomic E-state index is 0.391. The number of aromatic amines is 1. The molecule has 9 heteroatoms. The van der Waals surface area contributed by atoms with Crippen LogP contribution in [0.4, 0.5) is 5.82 Å². The molecule has 122 valence electrons. The van der Waals surface area contributed by atoms with E-state index in [9.17, 15) is 0 Å². The van der Waals surface area contributed by atoms with Gasteiger partial charge in [0.05, 0.1) is 12.2 Å². The zero-order valence-electron chi connectivity index (χ0n) is 13.0. The number of H-pyrrole nitrogens is 1. The molecular formula is C16H13N9. The molecule has 0 radical (unpaired) electrons. The monoisotopic (exact) mass is 331 g/mol. The smallest absolute Gasteiger partial charge is 0.193 e. The van der Waals surface area contributed by atoms with Crippen molar-refractivity contribution in [3.05, 3.63) is 60.8 Å². The number of tetrazole rings is 1. The van der Waals surface area contributed by atoms with Gasteiger partial charge in [-0.3, -0.25) is 9.97 Å². The first-order valence-electron chi connectivity index (χ1n) is 7.55. The summed E-state index contributed by atoms with van der Waals surface area (Å²) in [7, 11) is 0. The predicted molar refractivity (Wildman–Crippen MR) is 90.0 cm³/mol. The molecule has 25 heavy (non-hydrogen) atoms. The van der Waals surface area contributed by atoms with Crippen molar-refractivity contribution in [2.24, 2.45) is 0 Å². The molecule has 9 nitrogen and oxygen atoms in total. The summed E-state index contributed by atoms with van der Waals surface area (Å²) in [6.45, 7) is 0.391. The summed E-state index contributed by atoms with van der Waals surface area (Å²) in [6.07, 6.45) is 5.19. The standard InChI is InChI=1S/C16H13N9/c1-2-7-18-12(5-1)16-20-13(11-4-3-6-17-9-11)8-14(21-16)19-10-15-22-24-25-23-15/h1-9H,10H2,(H,19,20,21)(H,22,23,24,25). The maximum absolute atomic E-state index is 4.62. The molecule has 0 aliphatic heterocycles. The van der Waals surface area contributed by atoms with Crippen molar-refractivity contribution < 1.29 is 0 Å². The second kappa shape index (κ2) is 6.79. The van der Waals surface area contributed by atoms with Crippen LogP contribution in [0.15, 0.2) is 55.0 Å². The van der Waals surface area contributed by atoms with Crippen LogP contribution in [0.1, 0.15) is 5.82 Å². The topological polar surface area (TPSA) is 118 Å². The zero-order chi connectivity index (χ0) is 16.9. The van der Waals surface area contributed by atoms with Gasteiger partial charge in [-0.2, -0.15) is 5.21 Å². The Balaban J connectivity index is 1.72. The number of pyridine rings is 2. The molecule has 0 aromatic carbocycles. The fourth-order valence-electron chi connectivity index (χ4n) is 2.24. The number of hydrogen-bond donors (Lipinski definition) is 2. The Morgan fingerprint density at radius 3 is 2.76 bits per heavy atom. The molecule has 0 atom stereocenters. The Labute approximate surface area is 142 Å². The quantitative estimate of drug-likeness (QED) is 0.567. The lowest BCUT2D eigenvalue weighted by atomic mass is 10.2. The minimum absolute atomic E-state index is 0.391. The summed E-state index contributed by atoms with van der Waals surface area (Å²) in [4.78, 5) is 17.6. The highest BCUT2D eigenvalue weighted by Crippen LogP contribution is 2.23. The lowest BCUT2D eigenvalue weighted by molar-refractivity contribution is 0.881. The normalized spacial score (nSPS) is 10.6. The fraction of sp³-hybridized carbons (Fsp3) is 0.0625. The number of nitrogens with zero attached hydrogens (tertiary/aromatic N) is 7. The molecule has 4 rings (SSSR count). The minimum Gasteiger partial charge on any atom is -0.362 e. The predicted octanol–water partition coefficient (Wildman–Crippen LogP) is 1.73. The molecule has 0 spiro atoms. The van der Waals surface area contributed by atoms with Crippen LogP contribution in [-0.2, 0) is 6.54 Å². The van der Waals surface area contributed by atoms with Gasteiger partial charge in [0.1, 0.15) is 11.5 Å². The molecule has 0 aliphatic carbocycles. The summed E-state index contributed by atoms with van der Waals surface area (Å²) in [5, 5.41) is 17.0. The third-order valence-corrected chi connectivity index (χ3v) is 3.39. The van der Waals surface area contributed by atoms with E-state index in [0.29, 0.717) is 29.7 Å². The van der Waals surface area contributed by atoms with Gasteiger partial charge >= 0.3 is 0 Å². The molecular weight excluding hydrogens is 318 g/mol. The number of anilines is 1. The van der Waals surface area contributed by atoms with Crippen molar-refractivity contribution in [1.29, 1.82) is 0 Å². The molecule has 0 amide bonds. The number of aromatic nitrogens is 8. The highest BCUT2D eigenvalue weighted by atomic mass is 15.5. The molecule has 4 heterocycles. The lowest BCUT2D eigenvalue weighted by Gasteiger charge is -2.09. The maximum Gasteiger partial charge on any atom is 0.193 e. The third-order valence-electron chi connectivity index (χ3n) is 3.39. The van der Waals surface area contributed by atoms with E-state index in [4.69, 9.17) is 0 Å². The molecule has 0 unspecified atom stereocenters. The van der Waals surface area contributed by atoms with Crippen molar-refractivity contribution in [1.82, 2.24) is 40.6 Å². The average Bonchev–Trinajstić information content (AvgIpc) is 3.21. The van der Waals surface area contributed by atoms with Gasteiger partial charge in [0.15, 0.2) is 11.6 Å². The van der Waals surface area contributed by atoms with Crippen molar-refractivity contribution in [3.8, 4) is 22.8 Å². The summed E-state index contributed by atoms with van der Waals surface area (Å²) in [5.41, 5.74) is 2.33.